The first-order chi connectivity index (χ1) is 14.3. The molecule has 2 atom stereocenters. The molecule has 8 heteroatoms. The van der Waals surface area contributed by atoms with Gasteiger partial charge in [0, 0.05) is 46.2 Å². The van der Waals surface area contributed by atoms with Gasteiger partial charge in [-0.1, -0.05) is 30.7 Å². The van der Waals surface area contributed by atoms with Crippen LogP contribution in [0.1, 0.15) is 44.7 Å². The Kier molecular flexibility index (Phi) is 7.28. The summed E-state index contributed by atoms with van der Waals surface area (Å²) in [4.78, 5) is 4.14. The fraction of sp³-hybridized carbons (Fsp3) is 0.364. The van der Waals surface area contributed by atoms with Crippen LogP contribution in [0.15, 0.2) is 48.8 Å². The van der Waals surface area contributed by atoms with Crippen LogP contribution < -0.4 is 4.72 Å². The number of aromatic nitrogens is 3. The lowest BCUT2D eigenvalue weighted by Crippen LogP contribution is -2.31. The highest BCUT2D eigenvalue weighted by atomic mass is 35.5. The summed E-state index contributed by atoms with van der Waals surface area (Å²) in [5.74, 6) is 0.213. The predicted molar refractivity (Wildman–Crippen MR) is 122 cm³/mol. The molecule has 0 fully saturated rings. The Bertz CT molecular complexity index is 1070. The number of nitrogens with zero attached hydrogens (tertiary/aromatic N) is 2. The van der Waals surface area contributed by atoms with Gasteiger partial charge in [-0.2, -0.15) is 5.10 Å². The normalized spacial score (nSPS) is 13.9. The third kappa shape index (κ3) is 5.68. The van der Waals surface area contributed by atoms with Gasteiger partial charge in [0.2, 0.25) is 10.0 Å². The Hall–Kier alpha value is -2.22. The van der Waals surface area contributed by atoms with Crippen molar-refractivity contribution >= 4 is 21.6 Å². The summed E-state index contributed by atoms with van der Waals surface area (Å²) in [6.45, 7) is 4.03. The Morgan fingerprint density at radius 2 is 1.73 bits per heavy atom. The summed E-state index contributed by atoms with van der Waals surface area (Å²) in [6, 6.07) is 11.5. The number of hydrogen-bond acceptors (Lipinski definition) is 4. The van der Waals surface area contributed by atoms with Crippen LogP contribution in [0.25, 0.3) is 22.4 Å². The maximum absolute atomic E-state index is 11.5. The van der Waals surface area contributed by atoms with Crippen LogP contribution in [-0.4, -0.2) is 35.9 Å². The van der Waals surface area contributed by atoms with Crippen molar-refractivity contribution in [3.8, 4) is 22.4 Å². The maximum Gasteiger partial charge on any atom is 0.208 e. The molecule has 6 nitrogen and oxygen atoms in total. The van der Waals surface area contributed by atoms with Gasteiger partial charge in [-0.15, -0.1) is 0 Å². The zero-order valence-electron chi connectivity index (χ0n) is 17.4. The largest absolute Gasteiger partial charge is 0.281 e. The molecular formula is C22H27ClN4O2S. The summed E-state index contributed by atoms with van der Waals surface area (Å²) in [5, 5.41) is 8.59. The first kappa shape index (κ1) is 22.5. The molecule has 0 unspecified atom stereocenters. The predicted octanol–water partition coefficient (Wildman–Crippen LogP) is 5.00. The molecule has 1 aromatic carbocycles. The third-order valence-electron chi connectivity index (χ3n) is 5.15. The van der Waals surface area contributed by atoms with E-state index in [-0.39, 0.29) is 12.0 Å². The van der Waals surface area contributed by atoms with Crippen molar-refractivity contribution in [1.29, 1.82) is 0 Å². The number of hydrogen-bond donors (Lipinski definition) is 2. The number of halogens is 1. The Balaban J connectivity index is 1.96. The maximum atomic E-state index is 11.5. The first-order valence-corrected chi connectivity index (χ1v) is 12.3. The van der Waals surface area contributed by atoms with Crippen molar-refractivity contribution < 1.29 is 8.42 Å². The lowest BCUT2D eigenvalue weighted by molar-refractivity contribution is 0.495. The number of nitrogens with one attached hydrogen (secondary N) is 2. The second-order valence-corrected chi connectivity index (χ2v) is 9.79. The highest BCUT2D eigenvalue weighted by Crippen LogP contribution is 2.39. The van der Waals surface area contributed by atoms with Crippen molar-refractivity contribution in [3.63, 3.8) is 0 Å². The summed E-state index contributed by atoms with van der Waals surface area (Å²) in [7, 11) is -3.22. The standard InChI is InChI=1S/C22H27ClN4O2S/c1-4-16(6-5-15(2)27-30(3,28)29)21-20(17-11-13-24-14-12-17)22(26-25-21)18-7-9-19(23)10-8-18/h7-16,27H,4-6H2,1-3H3,(H,25,26)/t15-,16+/m1/s1. The zero-order chi connectivity index (χ0) is 21.7. The molecule has 0 saturated heterocycles. The van der Waals surface area contributed by atoms with Crippen molar-refractivity contribution in [3.05, 3.63) is 59.5 Å². The summed E-state index contributed by atoms with van der Waals surface area (Å²) in [5.41, 5.74) is 5.00. The van der Waals surface area contributed by atoms with Gasteiger partial charge in [0.05, 0.1) is 6.26 Å². The van der Waals surface area contributed by atoms with Gasteiger partial charge in [-0.05, 0) is 56.0 Å². The molecule has 0 aliphatic carbocycles. The van der Waals surface area contributed by atoms with Crippen molar-refractivity contribution in [1.82, 2.24) is 19.9 Å². The van der Waals surface area contributed by atoms with Gasteiger partial charge >= 0.3 is 0 Å². The molecule has 0 aliphatic heterocycles. The Morgan fingerprint density at radius 3 is 2.33 bits per heavy atom. The van der Waals surface area contributed by atoms with Crippen molar-refractivity contribution in [2.24, 2.45) is 0 Å². The summed E-state index contributed by atoms with van der Waals surface area (Å²) < 4.78 is 25.7. The summed E-state index contributed by atoms with van der Waals surface area (Å²) >= 11 is 6.07. The fourth-order valence-electron chi connectivity index (χ4n) is 3.71. The molecule has 2 N–H and O–H groups in total. The quantitative estimate of drug-likeness (QED) is 0.484. The van der Waals surface area contributed by atoms with Gasteiger partial charge < -0.3 is 0 Å². The SMILES string of the molecule is CC[C@@H](CC[C@@H](C)NS(C)(=O)=O)c1[nH]nc(-c2ccc(Cl)cc2)c1-c1ccncc1. The second-order valence-electron chi connectivity index (χ2n) is 7.58. The molecule has 0 saturated carbocycles. The van der Waals surface area contributed by atoms with E-state index in [9.17, 15) is 8.42 Å². The van der Waals surface area contributed by atoms with Gasteiger partial charge in [0.1, 0.15) is 5.69 Å². The minimum absolute atomic E-state index is 0.128. The number of pyridine rings is 1. The van der Waals surface area contributed by atoms with E-state index in [1.807, 2.05) is 43.3 Å². The molecule has 3 aromatic rings. The first-order valence-electron chi connectivity index (χ1n) is 10.0. The second kappa shape index (κ2) is 9.73. The highest BCUT2D eigenvalue weighted by molar-refractivity contribution is 7.88. The van der Waals surface area contributed by atoms with Gasteiger partial charge in [-0.3, -0.25) is 10.1 Å². The molecular weight excluding hydrogens is 420 g/mol. The van der Waals surface area contributed by atoms with E-state index in [1.54, 1.807) is 12.4 Å². The highest BCUT2D eigenvalue weighted by Gasteiger charge is 2.23. The summed E-state index contributed by atoms with van der Waals surface area (Å²) in [6.07, 6.45) is 7.21. The molecule has 3 rings (SSSR count). The third-order valence-corrected chi connectivity index (χ3v) is 6.23. The lowest BCUT2D eigenvalue weighted by Gasteiger charge is -2.19. The molecule has 0 bridgehead atoms. The minimum atomic E-state index is -3.22. The molecule has 0 amide bonds. The average Bonchev–Trinajstić information content (AvgIpc) is 3.13. The van der Waals surface area contributed by atoms with Crippen molar-refractivity contribution in [2.45, 2.75) is 45.1 Å². The van der Waals surface area contributed by atoms with Gasteiger partial charge in [0.15, 0.2) is 0 Å². The topological polar surface area (TPSA) is 87.7 Å². The Morgan fingerprint density at radius 1 is 1.07 bits per heavy atom. The van der Waals surface area contributed by atoms with E-state index < -0.39 is 10.0 Å². The average molecular weight is 447 g/mol. The van der Waals surface area contributed by atoms with Crippen LogP contribution in [0.4, 0.5) is 0 Å². The number of rotatable bonds is 9. The van der Waals surface area contributed by atoms with Crippen LogP contribution in [0.3, 0.4) is 0 Å². The van der Waals surface area contributed by atoms with Gasteiger partial charge in [-0.25, -0.2) is 13.1 Å². The molecule has 0 radical (unpaired) electrons. The monoisotopic (exact) mass is 446 g/mol. The lowest BCUT2D eigenvalue weighted by atomic mass is 9.88. The molecule has 0 spiro atoms. The fourth-order valence-corrected chi connectivity index (χ4v) is 4.68. The zero-order valence-corrected chi connectivity index (χ0v) is 19.0. The number of benzene rings is 1. The van der Waals surface area contributed by atoms with E-state index in [0.29, 0.717) is 5.02 Å². The van der Waals surface area contributed by atoms with Crippen LogP contribution >= 0.6 is 11.6 Å². The van der Waals surface area contributed by atoms with E-state index in [0.717, 1.165) is 47.3 Å². The smallest absolute Gasteiger partial charge is 0.208 e. The number of sulfonamides is 1. The Labute approximate surface area is 183 Å². The molecule has 30 heavy (non-hydrogen) atoms. The van der Waals surface area contributed by atoms with Crippen LogP contribution in [-0.2, 0) is 10.0 Å². The molecule has 160 valence electrons. The molecule has 2 aromatic heterocycles. The van der Waals surface area contributed by atoms with Crippen LogP contribution in [0, 0.1) is 0 Å². The van der Waals surface area contributed by atoms with Crippen molar-refractivity contribution in [2.75, 3.05) is 6.26 Å². The molecule has 2 heterocycles. The van der Waals surface area contributed by atoms with E-state index in [4.69, 9.17) is 11.6 Å². The van der Waals surface area contributed by atoms with Gasteiger partial charge in [0.25, 0.3) is 0 Å². The van der Waals surface area contributed by atoms with E-state index in [2.05, 4.69) is 26.8 Å². The van der Waals surface area contributed by atoms with Crippen LogP contribution in [0.2, 0.25) is 5.02 Å². The number of H-pyrrole nitrogens is 1. The van der Waals surface area contributed by atoms with E-state index >= 15 is 0 Å². The number of aromatic amines is 1. The van der Waals surface area contributed by atoms with E-state index in [1.165, 1.54) is 6.26 Å². The molecule has 0 aliphatic rings. The van der Waals surface area contributed by atoms with Crippen LogP contribution in [0.5, 0.6) is 0 Å². The minimum Gasteiger partial charge on any atom is -0.281 e.